The summed E-state index contributed by atoms with van der Waals surface area (Å²) in [6.07, 6.45) is -9.89. The third-order valence-electron chi connectivity index (χ3n) is 1.86. The van der Waals surface area contributed by atoms with E-state index in [4.69, 9.17) is 0 Å². The molecule has 0 atom stereocenters. The maximum absolute atomic E-state index is 12.5. The van der Waals surface area contributed by atoms with Crippen molar-refractivity contribution in [2.24, 2.45) is 0 Å². The Morgan fingerprint density at radius 3 is 1.88 bits per heavy atom. The van der Waals surface area contributed by atoms with Gasteiger partial charge in [-0.2, -0.15) is 26.3 Å². The highest BCUT2D eigenvalue weighted by Gasteiger charge is 2.39. The van der Waals surface area contributed by atoms with Gasteiger partial charge in [0.15, 0.2) is 6.29 Å². The molecule has 1 aromatic carbocycles. The van der Waals surface area contributed by atoms with Gasteiger partial charge in [-0.05, 0) is 34.7 Å². The summed E-state index contributed by atoms with van der Waals surface area (Å²) >= 11 is 1.12. The van der Waals surface area contributed by atoms with Crippen LogP contribution < -0.4 is 0 Å². The Morgan fingerprint density at radius 1 is 1.00 bits per heavy atom. The third-order valence-corrected chi connectivity index (χ3v) is 2.71. The number of benzene rings is 1. The molecule has 0 saturated heterocycles. The van der Waals surface area contributed by atoms with Crippen molar-refractivity contribution in [2.45, 2.75) is 12.4 Å². The highest BCUT2D eigenvalue weighted by molar-refractivity contribution is 14.1. The molecule has 0 radical (unpaired) electrons. The zero-order chi connectivity index (χ0) is 13.4. The average molecular weight is 368 g/mol. The van der Waals surface area contributed by atoms with E-state index < -0.39 is 32.6 Å². The molecule has 8 heteroatoms. The summed E-state index contributed by atoms with van der Waals surface area (Å²) in [7, 11) is 0. The Balaban J connectivity index is 3.53. The van der Waals surface area contributed by atoms with Crippen LogP contribution >= 0.6 is 22.6 Å². The summed E-state index contributed by atoms with van der Waals surface area (Å²) in [5, 5.41) is 0. The Hall–Kier alpha value is -0.800. The van der Waals surface area contributed by atoms with Gasteiger partial charge in [0.1, 0.15) is 0 Å². The standard InChI is InChI=1S/C9H3F6IO/c10-8(11,12)5-1-4(3-17)7(6(16)2-5)9(13,14)15/h1-3H. The Morgan fingerprint density at radius 2 is 1.53 bits per heavy atom. The minimum Gasteiger partial charge on any atom is -0.298 e. The lowest BCUT2D eigenvalue weighted by Crippen LogP contribution is -2.15. The van der Waals surface area contributed by atoms with Crippen molar-refractivity contribution in [1.82, 2.24) is 0 Å². The summed E-state index contributed by atoms with van der Waals surface area (Å²) in [4.78, 5) is 10.4. The zero-order valence-corrected chi connectivity index (χ0v) is 9.94. The van der Waals surface area contributed by atoms with Gasteiger partial charge in [0.05, 0.1) is 11.1 Å². The van der Waals surface area contributed by atoms with E-state index in [1.54, 1.807) is 0 Å². The lowest BCUT2D eigenvalue weighted by atomic mass is 10.0. The van der Waals surface area contributed by atoms with Crippen LogP contribution in [0.25, 0.3) is 0 Å². The van der Waals surface area contributed by atoms with Crippen LogP contribution in [0.15, 0.2) is 12.1 Å². The smallest absolute Gasteiger partial charge is 0.298 e. The molecule has 0 heterocycles. The molecular formula is C9H3F6IO. The second-order valence-electron chi connectivity index (χ2n) is 3.04. The largest absolute Gasteiger partial charge is 0.418 e. The first kappa shape index (κ1) is 14.3. The molecule has 0 fully saturated rings. The Kier molecular flexibility index (Phi) is 3.75. The molecule has 0 aromatic heterocycles. The fourth-order valence-corrected chi connectivity index (χ4v) is 2.14. The number of hydrogen-bond acceptors (Lipinski definition) is 1. The molecule has 94 valence electrons. The summed E-state index contributed by atoms with van der Waals surface area (Å²) in [6.45, 7) is 0. The van der Waals surface area contributed by atoms with E-state index in [0.717, 1.165) is 22.6 Å². The number of hydrogen-bond donors (Lipinski definition) is 0. The SMILES string of the molecule is O=Cc1cc(C(F)(F)F)cc(I)c1C(F)(F)F. The van der Waals surface area contributed by atoms with Crippen molar-refractivity contribution in [1.29, 1.82) is 0 Å². The first-order valence-corrected chi connectivity index (χ1v) is 5.08. The van der Waals surface area contributed by atoms with Crippen LogP contribution in [0.5, 0.6) is 0 Å². The quantitative estimate of drug-likeness (QED) is 0.414. The maximum Gasteiger partial charge on any atom is 0.418 e. The molecule has 17 heavy (non-hydrogen) atoms. The fraction of sp³-hybridized carbons (Fsp3) is 0.222. The highest BCUT2D eigenvalue weighted by Crippen LogP contribution is 2.39. The van der Waals surface area contributed by atoms with Gasteiger partial charge in [0.2, 0.25) is 0 Å². The Bertz CT molecular complexity index is 448. The van der Waals surface area contributed by atoms with Crippen LogP contribution in [0.3, 0.4) is 0 Å². The topological polar surface area (TPSA) is 17.1 Å². The highest BCUT2D eigenvalue weighted by atomic mass is 127. The summed E-state index contributed by atoms with van der Waals surface area (Å²) in [5.74, 6) is 0. The second kappa shape index (κ2) is 4.46. The van der Waals surface area contributed by atoms with Gasteiger partial charge >= 0.3 is 12.4 Å². The van der Waals surface area contributed by atoms with Gasteiger partial charge in [-0.1, -0.05) is 0 Å². The molecule has 0 N–H and O–H groups in total. The van der Waals surface area contributed by atoms with Gasteiger partial charge < -0.3 is 0 Å². The van der Waals surface area contributed by atoms with Crippen LogP contribution in [-0.2, 0) is 12.4 Å². The average Bonchev–Trinajstić information content (AvgIpc) is 2.12. The van der Waals surface area contributed by atoms with Gasteiger partial charge in [-0.25, -0.2) is 0 Å². The molecule has 0 unspecified atom stereocenters. The number of alkyl halides is 6. The van der Waals surface area contributed by atoms with E-state index in [1.165, 1.54) is 0 Å². The molecule has 0 amide bonds. The molecule has 0 aliphatic carbocycles. The first-order valence-electron chi connectivity index (χ1n) is 4.00. The van der Waals surface area contributed by atoms with E-state index in [0.29, 0.717) is 6.07 Å². The minimum absolute atomic E-state index is 0.192. The van der Waals surface area contributed by atoms with Crippen LogP contribution in [0, 0.1) is 3.57 Å². The summed E-state index contributed by atoms with van der Waals surface area (Å²) in [6, 6.07) is 0.550. The van der Waals surface area contributed by atoms with E-state index in [2.05, 4.69) is 0 Å². The van der Waals surface area contributed by atoms with Crippen molar-refractivity contribution in [2.75, 3.05) is 0 Å². The van der Waals surface area contributed by atoms with E-state index in [1.807, 2.05) is 0 Å². The van der Waals surface area contributed by atoms with E-state index >= 15 is 0 Å². The molecule has 1 rings (SSSR count). The fourth-order valence-electron chi connectivity index (χ4n) is 1.18. The van der Waals surface area contributed by atoms with Gasteiger partial charge in [0.25, 0.3) is 0 Å². The number of carbonyl (C=O) groups excluding carboxylic acids is 1. The molecule has 0 saturated carbocycles. The second-order valence-corrected chi connectivity index (χ2v) is 4.20. The zero-order valence-electron chi connectivity index (χ0n) is 7.79. The summed E-state index contributed by atoms with van der Waals surface area (Å²) in [5.41, 5.74) is -3.64. The van der Waals surface area contributed by atoms with Crippen LogP contribution in [0.2, 0.25) is 0 Å². The van der Waals surface area contributed by atoms with Crippen molar-refractivity contribution in [3.63, 3.8) is 0 Å². The minimum atomic E-state index is -4.86. The van der Waals surface area contributed by atoms with Crippen molar-refractivity contribution in [3.8, 4) is 0 Å². The maximum atomic E-state index is 12.5. The van der Waals surface area contributed by atoms with Crippen LogP contribution in [-0.4, -0.2) is 6.29 Å². The van der Waals surface area contributed by atoms with Crippen LogP contribution in [0.1, 0.15) is 21.5 Å². The Labute approximate surface area is 105 Å². The number of carbonyl (C=O) groups is 1. The van der Waals surface area contributed by atoms with Crippen molar-refractivity contribution in [3.05, 3.63) is 32.4 Å². The lowest BCUT2D eigenvalue weighted by Gasteiger charge is -2.14. The molecule has 0 aliphatic rings. The van der Waals surface area contributed by atoms with Crippen molar-refractivity contribution < 1.29 is 31.1 Å². The van der Waals surface area contributed by atoms with E-state index in [9.17, 15) is 31.1 Å². The monoisotopic (exact) mass is 368 g/mol. The van der Waals surface area contributed by atoms with Gasteiger partial charge in [0, 0.05) is 9.13 Å². The normalized spacial score (nSPS) is 12.6. The molecule has 0 aliphatic heterocycles. The molecular weight excluding hydrogens is 365 g/mol. The lowest BCUT2D eigenvalue weighted by molar-refractivity contribution is -0.142. The van der Waals surface area contributed by atoms with Gasteiger partial charge in [-0.3, -0.25) is 4.79 Å². The first-order chi connectivity index (χ1) is 7.57. The summed E-state index contributed by atoms with van der Waals surface area (Å²) < 4.78 is 73.7. The number of aldehydes is 1. The van der Waals surface area contributed by atoms with Crippen LogP contribution in [0.4, 0.5) is 26.3 Å². The molecule has 0 spiro atoms. The predicted molar refractivity (Wildman–Crippen MR) is 54.6 cm³/mol. The van der Waals surface area contributed by atoms with E-state index in [-0.39, 0.29) is 12.4 Å². The molecule has 1 aromatic rings. The van der Waals surface area contributed by atoms with Crippen molar-refractivity contribution >= 4 is 28.9 Å². The third kappa shape index (κ3) is 3.11. The molecule has 0 bridgehead atoms. The molecule has 1 nitrogen and oxygen atoms in total. The van der Waals surface area contributed by atoms with Gasteiger partial charge in [-0.15, -0.1) is 0 Å². The number of halogens is 7. The predicted octanol–water partition coefficient (Wildman–Crippen LogP) is 4.14. The number of rotatable bonds is 1.